The molecule has 1 atom stereocenters. The van der Waals surface area contributed by atoms with Crippen molar-refractivity contribution in [1.82, 2.24) is 5.32 Å². The molecular formula is C16H26N2O3. The number of carbonyl (C=O) groups excluding carboxylic acids is 1. The topological polar surface area (TPSA) is 73.6 Å². The van der Waals surface area contributed by atoms with Crippen LogP contribution in [0.15, 0.2) is 24.3 Å². The highest BCUT2D eigenvalue weighted by Gasteiger charge is 2.18. The van der Waals surface area contributed by atoms with E-state index in [2.05, 4.69) is 5.32 Å². The van der Waals surface area contributed by atoms with Gasteiger partial charge in [-0.05, 0) is 40.7 Å². The summed E-state index contributed by atoms with van der Waals surface area (Å²) in [4.78, 5) is 11.6. The molecule has 0 bridgehead atoms. The third-order valence-corrected chi connectivity index (χ3v) is 2.55. The molecule has 0 aliphatic rings. The van der Waals surface area contributed by atoms with E-state index >= 15 is 0 Å². The van der Waals surface area contributed by atoms with Gasteiger partial charge in [0.15, 0.2) is 0 Å². The van der Waals surface area contributed by atoms with Crippen LogP contribution in [0.1, 0.15) is 46.2 Å². The summed E-state index contributed by atoms with van der Waals surface area (Å²) in [5, 5.41) is 2.68. The number of nitrogens with two attached hydrogens (primary N) is 1. The van der Waals surface area contributed by atoms with Crippen molar-refractivity contribution in [3.63, 3.8) is 0 Å². The smallest absolute Gasteiger partial charge is 0.407 e. The lowest BCUT2D eigenvalue weighted by atomic mass is 10.1. The maximum Gasteiger partial charge on any atom is 0.407 e. The van der Waals surface area contributed by atoms with Crippen LogP contribution in [0.5, 0.6) is 5.75 Å². The molecule has 21 heavy (non-hydrogen) atoms. The Labute approximate surface area is 126 Å². The van der Waals surface area contributed by atoms with Crippen LogP contribution in [-0.4, -0.2) is 24.3 Å². The van der Waals surface area contributed by atoms with Gasteiger partial charge in [0.2, 0.25) is 0 Å². The molecule has 118 valence electrons. The summed E-state index contributed by atoms with van der Waals surface area (Å²) in [5.41, 5.74) is 6.48. The van der Waals surface area contributed by atoms with Crippen molar-refractivity contribution in [2.24, 2.45) is 5.73 Å². The van der Waals surface area contributed by atoms with Gasteiger partial charge in [0.05, 0.1) is 12.1 Å². The normalized spacial score (nSPS) is 12.9. The molecule has 1 aromatic rings. The summed E-state index contributed by atoms with van der Waals surface area (Å²) < 4.78 is 10.9. The van der Waals surface area contributed by atoms with E-state index in [4.69, 9.17) is 15.2 Å². The number of para-hydroxylation sites is 1. The number of benzene rings is 1. The van der Waals surface area contributed by atoms with Gasteiger partial charge >= 0.3 is 6.09 Å². The predicted octanol–water partition coefficient (Wildman–Crippen LogP) is 3.00. The predicted molar refractivity (Wildman–Crippen MR) is 83.4 cm³/mol. The van der Waals surface area contributed by atoms with Crippen LogP contribution >= 0.6 is 0 Å². The number of nitrogens with one attached hydrogen (secondary N) is 1. The van der Waals surface area contributed by atoms with Crippen LogP contribution in [-0.2, 0) is 4.74 Å². The Morgan fingerprint density at radius 2 is 1.90 bits per heavy atom. The monoisotopic (exact) mass is 294 g/mol. The number of ether oxygens (including phenoxy) is 2. The molecule has 5 nitrogen and oxygen atoms in total. The van der Waals surface area contributed by atoms with E-state index in [0.29, 0.717) is 0 Å². The first kappa shape index (κ1) is 17.3. The molecule has 0 aliphatic heterocycles. The van der Waals surface area contributed by atoms with E-state index in [1.54, 1.807) is 0 Å². The molecule has 1 rings (SSSR count). The molecule has 0 fully saturated rings. The van der Waals surface area contributed by atoms with Gasteiger partial charge in [0.25, 0.3) is 0 Å². The Bertz CT molecular complexity index is 467. The third kappa shape index (κ3) is 6.49. The average molecular weight is 294 g/mol. The molecule has 3 N–H and O–H groups in total. The van der Waals surface area contributed by atoms with Crippen LogP contribution in [0, 0.1) is 0 Å². The standard InChI is InChI=1S/C16H26N2O3/c1-11(2)20-14-9-7-6-8-12(14)13(17)10-18-15(19)21-16(3,4)5/h6-9,11,13H,10,17H2,1-5H3,(H,18,19). The Kier molecular flexibility index (Phi) is 6.03. The number of hydrogen-bond donors (Lipinski definition) is 2. The minimum atomic E-state index is -0.521. The summed E-state index contributed by atoms with van der Waals surface area (Å²) in [6.07, 6.45) is -0.405. The fourth-order valence-corrected chi connectivity index (χ4v) is 1.77. The molecule has 0 spiro atoms. The Balaban J connectivity index is 2.63. The van der Waals surface area contributed by atoms with Gasteiger partial charge < -0.3 is 20.5 Å². The Hall–Kier alpha value is -1.75. The molecule has 1 aromatic carbocycles. The van der Waals surface area contributed by atoms with Gasteiger partial charge in [-0.2, -0.15) is 0 Å². The van der Waals surface area contributed by atoms with E-state index in [-0.39, 0.29) is 18.7 Å². The quantitative estimate of drug-likeness (QED) is 0.875. The summed E-state index contributed by atoms with van der Waals surface area (Å²) >= 11 is 0. The number of carbonyl (C=O) groups is 1. The van der Waals surface area contributed by atoms with E-state index in [1.165, 1.54) is 0 Å². The molecule has 0 aliphatic carbocycles. The molecule has 0 heterocycles. The second-order valence-electron chi connectivity index (χ2n) is 6.19. The molecule has 0 saturated heterocycles. The maximum absolute atomic E-state index is 11.6. The maximum atomic E-state index is 11.6. The zero-order chi connectivity index (χ0) is 16.0. The number of amides is 1. The van der Waals surface area contributed by atoms with Crippen molar-refractivity contribution in [2.75, 3.05) is 6.54 Å². The zero-order valence-corrected chi connectivity index (χ0v) is 13.5. The number of hydrogen-bond acceptors (Lipinski definition) is 4. The van der Waals surface area contributed by atoms with Gasteiger partial charge in [-0.25, -0.2) is 4.79 Å². The van der Waals surface area contributed by atoms with E-state index < -0.39 is 11.7 Å². The molecule has 1 unspecified atom stereocenters. The summed E-state index contributed by atoms with van der Waals surface area (Å²) in [5.74, 6) is 0.742. The van der Waals surface area contributed by atoms with Crippen LogP contribution in [0.25, 0.3) is 0 Å². The van der Waals surface area contributed by atoms with Gasteiger partial charge in [0.1, 0.15) is 11.4 Å². The minimum Gasteiger partial charge on any atom is -0.491 e. The highest BCUT2D eigenvalue weighted by molar-refractivity contribution is 5.67. The summed E-state index contributed by atoms with van der Waals surface area (Å²) in [6, 6.07) is 7.22. The Morgan fingerprint density at radius 1 is 1.29 bits per heavy atom. The lowest BCUT2D eigenvalue weighted by Gasteiger charge is -2.22. The van der Waals surface area contributed by atoms with E-state index in [1.807, 2.05) is 58.9 Å². The van der Waals surface area contributed by atoms with Gasteiger partial charge in [-0.15, -0.1) is 0 Å². The molecule has 5 heteroatoms. The van der Waals surface area contributed by atoms with Crippen molar-refractivity contribution < 1.29 is 14.3 Å². The molecular weight excluding hydrogens is 268 g/mol. The SMILES string of the molecule is CC(C)Oc1ccccc1C(N)CNC(=O)OC(C)(C)C. The number of rotatable bonds is 5. The van der Waals surface area contributed by atoms with Crippen molar-refractivity contribution >= 4 is 6.09 Å². The van der Waals surface area contributed by atoms with E-state index in [9.17, 15) is 4.79 Å². The van der Waals surface area contributed by atoms with Crippen molar-refractivity contribution in [1.29, 1.82) is 0 Å². The van der Waals surface area contributed by atoms with Crippen LogP contribution in [0.2, 0.25) is 0 Å². The van der Waals surface area contributed by atoms with Gasteiger partial charge in [-0.3, -0.25) is 0 Å². The van der Waals surface area contributed by atoms with Gasteiger partial charge in [-0.1, -0.05) is 18.2 Å². The fraction of sp³-hybridized carbons (Fsp3) is 0.562. The summed E-state index contributed by atoms with van der Waals surface area (Å²) in [6.45, 7) is 9.66. The van der Waals surface area contributed by atoms with Crippen molar-refractivity contribution in [3.8, 4) is 5.75 Å². The molecule has 0 radical (unpaired) electrons. The fourth-order valence-electron chi connectivity index (χ4n) is 1.77. The third-order valence-electron chi connectivity index (χ3n) is 2.55. The van der Waals surface area contributed by atoms with Crippen molar-refractivity contribution in [3.05, 3.63) is 29.8 Å². The highest BCUT2D eigenvalue weighted by atomic mass is 16.6. The van der Waals surface area contributed by atoms with Crippen LogP contribution in [0.3, 0.4) is 0 Å². The first-order valence-corrected chi connectivity index (χ1v) is 7.17. The zero-order valence-electron chi connectivity index (χ0n) is 13.5. The first-order chi connectivity index (χ1) is 9.69. The average Bonchev–Trinajstić information content (AvgIpc) is 2.34. The number of alkyl carbamates (subject to hydrolysis) is 1. The molecule has 0 aromatic heterocycles. The Morgan fingerprint density at radius 3 is 2.48 bits per heavy atom. The summed E-state index contributed by atoms with van der Waals surface area (Å²) in [7, 11) is 0. The van der Waals surface area contributed by atoms with Gasteiger partial charge in [0, 0.05) is 12.1 Å². The lowest BCUT2D eigenvalue weighted by molar-refractivity contribution is 0.0524. The lowest BCUT2D eigenvalue weighted by Crippen LogP contribution is -2.36. The minimum absolute atomic E-state index is 0.0668. The first-order valence-electron chi connectivity index (χ1n) is 7.17. The second kappa shape index (κ2) is 7.31. The molecule has 0 saturated carbocycles. The molecule has 1 amide bonds. The van der Waals surface area contributed by atoms with E-state index in [0.717, 1.165) is 11.3 Å². The van der Waals surface area contributed by atoms with Crippen LogP contribution < -0.4 is 15.8 Å². The highest BCUT2D eigenvalue weighted by Crippen LogP contribution is 2.24. The second-order valence-corrected chi connectivity index (χ2v) is 6.19. The van der Waals surface area contributed by atoms with Crippen LogP contribution in [0.4, 0.5) is 4.79 Å². The largest absolute Gasteiger partial charge is 0.491 e. The van der Waals surface area contributed by atoms with Crippen molar-refractivity contribution in [2.45, 2.75) is 52.4 Å².